The van der Waals surface area contributed by atoms with Crippen LogP contribution in [0.5, 0.6) is 0 Å². The van der Waals surface area contributed by atoms with Gasteiger partial charge in [-0.25, -0.2) is 0 Å². The van der Waals surface area contributed by atoms with Gasteiger partial charge >= 0.3 is 0 Å². The van der Waals surface area contributed by atoms with E-state index in [1.165, 1.54) is 25.1 Å². The van der Waals surface area contributed by atoms with Gasteiger partial charge in [0.15, 0.2) is 0 Å². The lowest BCUT2D eigenvalue weighted by molar-refractivity contribution is 0.271. The second kappa shape index (κ2) is 5.90. The molecular weight excluding hydrogens is 260 g/mol. The molecule has 0 saturated carbocycles. The number of nitrogen functional groups attached to an aromatic ring is 1. The van der Waals surface area contributed by atoms with Gasteiger partial charge in [0.1, 0.15) is 0 Å². The van der Waals surface area contributed by atoms with Crippen molar-refractivity contribution in [2.75, 3.05) is 37.3 Å². The van der Waals surface area contributed by atoms with Gasteiger partial charge in [-0.15, -0.1) is 0 Å². The van der Waals surface area contributed by atoms with Crippen molar-refractivity contribution in [1.82, 2.24) is 9.88 Å². The van der Waals surface area contributed by atoms with Crippen LogP contribution in [0.4, 0.5) is 11.4 Å². The summed E-state index contributed by atoms with van der Waals surface area (Å²) in [5.41, 5.74) is 9.03. The van der Waals surface area contributed by atoms with E-state index in [1.54, 1.807) is 0 Å². The fourth-order valence-electron chi connectivity index (χ4n) is 3.42. The van der Waals surface area contributed by atoms with Gasteiger partial charge in [0.25, 0.3) is 0 Å². The highest BCUT2D eigenvalue weighted by Crippen LogP contribution is 2.29. The summed E-state index contributed by atoms with van der Waals surface area (Å²) < 4.78 is 0. The molecule has 2 N–H and O–H groups in total. The first-order chi connectivity index (χ1) is 10.2. The van der Waals surface area contributed by atoms with E-state index >= 15 is 0 Å². The van der Waals surface area contributed by atoms with Gasteiger partial charge in [0, 0.05) is 36.9 Å². The van der Waals surface area contributed by atoms with E-state index in [2.05, 4.69) is 34.8 Å². The monoisotopic (exact) mass is 284 g/mol. The van der Waals surface area contributed by atoms with Gasteiger partial charge in [-0.2, -0.15) is 0 Å². The zero-order valence-corrected chi connectivity index (χ0v) is 12.9. The minimum atomic E-state index is 0.649. The molecule has 1 fully saturated rings. The fraction of sp³-hybridized carbons (Fsp3) is 0.471. The molecule has 1 aromatic carbocycles. The van der Waals surface area contributed by atoms with Crippen LogP contribution in [-0.4, -0.2) is 42.6 Å². The number of rotatable bonds is 4. The first-order valence-electron chi connectivity index (χ1n) is 7.79. The molecule has 1 aliphatic heterocycles. The maximum atomic E-state index is 6.07. The molecule has 2 heterocycles. The second-order valence-corrected chi connectivity index (χ2v) is 5.88. The molecule has 4 heteroatoms. The van der Waals surface area contributed by atoms with E-state index in [-0.39, 0.29) is 0 Å². The lowest BCUT2D eigenvalue weighted by Gasteiger charge is -2.29. The number of likely N-dealkylation sites (N-methyl/N-ethyl adjacent to an activating group) is 2. The molecule has 1 atom stereocenters. The van der Waals surface area contributed by atoms with E-state index < -0.39 is 0 Å². The molecule has 0 amide bonds. The first-order valence-corrected chi connectivity index (χ1v) is 7.79. The number of likely N-dealkylation sites (tertiary alicyclic amines) is 1. The van der Waals surface area contributed by atoms with Crippen LogP contribution in [0.25, 0.3) is 10.9 Å². The first kappa shape index (κ1) is 14.1. The second-order valence-electron chi connectivity index (χ2n) is 5.88. The lowest BCUT2D eigenvalue weighted by Crippen LogP contribution is -2.38. The minimum Gasteiger partial charge on any atom is -0.398 e. The topological polar surface area (TPSA) is 45.4 Å². The number of nitrogens with zero attached hydrogens (tertiary/aromatic N) is 3. The zero-order valence-electron chi connectivity index (χ0n) is 12.9. The van der Waals surface area contributed by atoms with Crippen molar-refractivity contribution in [1.29, 1.82) is 0 Å². The number of aromatic nitrogens is 1. The highest BCUT2D eigenvalue weighted by atomic mass is 15.2. The van der Waals surface area contributed by atoms with E-state index in [0.717, 1.165) is 29.7 Å². The Hall–Kier alpha value is -1.81. The Morgan fingerprint density at radius 2 is 2.24 bits per heavy atom. The SMILES string of the molecule is CCN1CCCC1CN(C)c1ccc(N)c2cccnc12. The Bertz CT molecular complexity index is 625. The van der Waals surface area contributed by atoms with Gasteiger partial charge in [-0.1, -0.05) is 6.92 Å². The number of fused-ring (bicyclic) bond motifs is 1. The summed E-state index contributed by atoms with van der Waals surface area (Å²) in [4.78, 5) is 9.44. The van der Waals surface area contributed by atoms with Crippen LogP contribution in [-0.2, 0) is 0 Å². The van der Waals surface area contributed by atoms with Crippen LogP contribution < -0.4 is 10.6 Å². The Morgan fingerprint density at radius 1 is 1.38 bits per heavy atom. The summed E-state index contributed by atoms with van der Waals surface area (Å²) in [7, 11) is 2.16. The summed E-state index contributed by atoms with van der Waals surface area (Å²) in [6.07, 6.45) is 4.44. The van der Waals surface area contributed by atoms with E-state index in [0.29, 0.717) is 6.04 Å². The molecule has 1 saturated heterocycles. The Labute approximate surface area is 126 Å². The summed E-state index contributed by atoms with van der Waals surface area (Å²) in [5.74, 6) is 0. The number of nitrogens with two attached hydrogens (primary N) is 1. The summed E-state index contributed by atoms with van der Waals surface area (Å²) in [6, 6.07) is 8.72. The standard InChI is InChI=1S/C17H24N4/c1-3-21-11-5-6-13(21)12-20(2)16-9-8-15(18)14-7-4-10-19-17(14)16/h4,7-10,13H,3,5-6,11-12,18H2,1-2H3. The molecule has 0 bridgehead atoms. The quantitative estimate of drug-likeness (QED) is 0.877. The predicted octanol–water partition coefficient (Wildman–Crippen LogP) is 2.74. The van der Waals surface area contributed by atoms with Crippen LogP contribution >= 0.6 is 0 Å². The molecule has 1 aliphatic rings. The van der Waals surface area contributed by atoms with Crippen LogP contribution in [0.1, 0.15) is 19.8 Å². The van der Waals surface area contributed by atoms with Crippen molar-refractivity contribution in [2.24, 2.45) is 0 Å². The van der Waals surface area contributed by atoms with E-state index in [4.69, 9.17) is 5.73 Å². The van der Waals surface area contributed by atoms with Gasteiger partial charge < -0.3 is 10.6 Å². The highest BCUT2D eigenvalue weighted by molar-refractivity contribution is 5.98. The minimum absolute atomic E-state index is 0.649. The average Bonchev–Trinajstić information content (AvgIpc) is 2.95. The number of hydrogen-bond donors (Lipinski definition) is 1. The average molecular weight is 284 g/mol. The Kier molecular flexibility index (Phi) is 3.97. The summed E-state index contributed by atoms with van der Waals surface area (Å²) >= 11 is 0. The number of hydrogen-bond acceptors (Lipinski definition) is 4. The molecule has 0 spiro atoms. The van der Waals surface area contributed by atoms with Crippen molar-refractivity contribution in [3.63, 3.8) is 0 Å². The maximum absolute atomic E-state index is 6.07. The van der Waals surface area contributed by atoms with E-state index in [9.17, 15) is 0 Å². The molecule has 0 aliphatic carbocycles. The zero-order chi connectivity index (χ0) is 14.8. The maximum Gasteiger partial charge on any atom is 0.0955 e. The van der Waals surface area contributed by atoms with Crippen molar-refractivity contribution in [2.45, 2.75) is 25.8 Å². The molecule has 0 radical (unpaired) electrons. The van der Waals surface area contributed by atoms with Crippen molar-refractivity contribution >= 4 is 22.3 Å². The largest absolute Gasteiger partial charge is 0.398 e. The molecule has 21 heavy (non-hydrogen) atoms. The summed E-state index contributed by atoms with van der Waals surface area (Å²) in [6.45, 7) is 5.66. The Morgan fingerprint density at radius 3 is 3.05 bits per heavy atom. The van der Waals surface area contributed by atoms with E-state index in [1.807, 2.05) is 24.4 Å². The molecule has 3 rings (SSSR count). The molecule has 1 aromatic heterocycles. The highest BCUT2D eigenvalue weighted by Gasteiger charge is 2.24. The normalized spacial score (nSPS) is 19.2. The third kappa shape index (κ3) is 2.68. The predicted molar refractivity (Wildman–Crippen MR) is 89.7 cm³/mol. The van der Waals surface area contributed by atoms with Gasteiger partial charge in [-0.3, -0.25) is 9.88 Å². The number of pyridine rings is 1. The lowest BCUT2D eigenvalue weighted by atomic mass is 10.1. The molecule has 2 aromatic rings. The van der Waals surface area contributed by atoms with Crippen LogP contribution in [0.3, 0.4) is 0 Å². The van der Waals surface area contributed by atoms with Crippen molar-refractivity contribution in [3.8, 4) is 0 Å². The van der Waals surface area contributed by atoms with Crippen LogP contribution in [0.2, 0.25) is 0 Å². The molecule has 112 valence electrons. The third-order valence-electron chi connectivity index (χ3n) is 4.58. The van der Waals surface area contributed by atoms with Crippen LogP contribution in [0.15, 0.2) is 30.5 Å². The van der Waals surface area contributed by atoms with Gasteiger partial charge in [0.05, 0.1) is 11.2 Å². The molecule has 1 unspecified atom stereocenters. The van der Waals surface area contributed by atoms with Crippen molar-refractivity contribution < 1.29 is 0 Å². The molecular formula is C17H24N4. The number of anilines is 2. The fourth-order valence-corrected chi connectivity index (χ4v) is 3.42. The van der Waals surface area contributed by atoms with Crippen molar-refractivity contribution in [3.05, 3.63) is 30.5 Å². The van der Waals surface area contributed by atoms with Crippen LogP contribution in [0, 0.1) is 0 Å². The summed E-state index contributed by atoms with van der Waals surface area (Å²) in [5, 5.41) is 1.04. The molecule has 4 nitrogen and oxygen atoms in total. The number of benzene rings is 1. The smallest absolute Gasteiger partial charge is 0.0955 e. The van der Waals surface area contributed by atoms with Gasteiger partial charge in [-0.05, 0) is 50.2 Å². The van der Waals surface area contributed by atoms with Gasteiger partial charge in [0.2, 0.25) is 0 Å². The third-order valence-corrected chi connectivity index (χ3v) is 4.58. The Balaban J connectivity index is 1.88.